The van der Waals surface area contributed by atoms with Crippen molar-refractivity contribution in [2.45, 2.75) is 0 Å². The molecule has 2 nitrogen and oxygen atoms in total. The summed E-state index contributed by atoms with van der Waals surface area (Å²) in [5.74, 6) is -1.04. The quantitative estimate of drug-likeness (QED) is 0.667. The number of rotatable bonds is 2. The van der Waals surface area contributed by atoms with Crippen LogP contribution in [0.15, 0.2) is 42.5 Å². The molecule has 0 bridgehead atoms. The van der Waals surface area contributed by atoms with E-state index in [4.69, 9.17) is 0 Å². The first-order valence-corrected chi connectivity index (χ1v) is 6.63. The average Bonchev–Trinajstić information content (AvgIpc) is 2.77. The Hall–Kier alpha value is -2.01. The van der Waals surface area contributed by atoms with Gasteiger partial charge in [0.25, 0.3) is 0 Å². The van der Waals surface area contributed by atoms with Gasteiger partial charge in [0.1, 0.15) is 5.82 Å². The van der Waals surface area contributed by atoms with Crippen molar-refractivity contribution in [3.63, 3.8) is 0 Å². The highest BCUT2D eigenvalue weighted by Crippen LogP contribution is 2.20. The molecule has 0 aliphatic rings. The molecular weight excluding hydrogens is 326 g/mol. The van der Waals surface area contributed by atoms with Gasteiger partial charge in [0, 0.05) is 0 Å². The second-order valence-electron chi connectivity index (χ2n) is 4.25. The molecule has 0 aliphatic heterocycles. The molecule has 0 spiro atoms. The van der Waals surface area contributed by atoms with E-state index in [0.29, 0.717) is 11.4 Å². The lowest BCUT2D eigenvalue weighted by Gasteiger charge is -1.96. The summed E-state index contributed by atoms with van der Waals surface area (Å²) < 4.78 is 27.7. The van der Waals surface area contributed by atoms with Crippen molar-refractivity contribution in [3.8, 4) is 0 Å². The van der Waals surface area contributed by atoms with Crippen LogP contribution in [0.1, 0.15) is 11.4 Å². The predicted octanol–water partition coefficient (Wildman–Crippen LogP) is 4.64. The van der Waals surface area contributed by atoms with Gasteiger partial charge in [-0.05, 0) is 35.9 Å². The molecule has 3 rings (SSSR count). The molecule has 0 amide bonds. The van der Waals surface area contributed by atoms with Crippen molar-refractivity contribution in [1.29, 1.82) is 0 Å². The van der Waals surface area contributed by atoms with Crippen LogP contribution in [0.4, 0.5) is 8.78 Å². The first-order chi connectivity index (χ1) is 9.65. The number of para-hydroxylation sites is 2. The van der Waals surface area contributed by atoms with Crippen LogP contribution in [0.2, 0.25) is 0 Å². The van der Waals surface area contributed by atoms with E-state index in [9.17, 15) is 8.78 Å². The van der Waals surface area contributed by atoms with E-state index in [2.05, 4.69) is 21.1 Å². The summed E-state index contributed by atoms with van der Waals surface area (Å²) in [5.41, 5.74) is 2.37. The monoisotopic (exact) mass is 334 g/mol. The molecule has 0 fully saturated rings. The fourth-order valence-electron chi connectivity index (χ4n) is 1.90. The molecule has 0 saturated carbocycles. The number of imidazole rings is 1. The fourth-order valence-corrected chi connectivity index (χ4v) is 2.40. The maximum Gasteiger partial charge on any atom is 0.159 e. The fraction of sp³-hybridized carbons (Fsp3) is 0. The SMILES string of the molecule is Fc1ccc(/C=C/c2nc3ccccc3n2Br)cc1F. The summed E-state index contributed by atoms with van der Waals surface area (Å²) in [6.07, 6.45) is 3.42. The average molecular weight is 335 g/mol. The maximum atomic E-state index is 13.1. The van der Waals surface area contributed by atoms with Crippen LogP contribution < -0.4 is 0 Å². The summed E-state index contributed by atoms with van der Waals surface area (Å²) in [5, 5.41) is 0. The van der Waals surface area contributed by atoms with E-state index in [1.165, 1.54) is 6.07 Å². The van der Waals surface area contributed by atoms with Crippen LogP contribution >= 0.6 is 16.1 Å². The van der Waals surface area contributed by atoms with Crippen molar-refractivity contribution < 1.29 is 8.78 Å². The lowest BCUT2D eigenvalue weighted by molar-refractivity contribution is 0.508. The standard InChI is InChI=1S/C15H9BrF2N2/c16-20-14-4-2-1-3-13(14)19-15(20)8-6-10-5-7-11(17)12(18)9-10/h1-9H/b8-6+. The van der Waals surface area contributed by atoms with Crippen molar-refractivity contribution >= 4 is 39.3 Å². The van der Waals surface area contributed by atoms with Gasteiger partial charge >= 0.3 is 0 Å². The Morgan fingerprint density at radius 2 is 1.80 bits per heavy atom. The molecule has 100 valence electrons. The Kier molecular flexibility index (Phi) is 3.36. The second kappa shape index (κ2) is 5.17. The third-order valence-corrected chi connectivity index (χ3v) is 3.64. The molecule has 20 heavy (non-hydrogen) atoms. The summed E-state index contributed by atoms with van der Waals surface area (Å²) in [6.45, 7) is 0. The first-order valence-electron chi connectivity index (χ1n) is 5.92. The zero-order chi connectivity index (χ0) is 14.1. The Balaban J connectivity index is 1.98. The Morgan fingerprint density at radius 3 is 2.55 bits per heavy atom. The third kappa shape index (κ3) is 2.36. The molecule has 0 N–H and O–H groups in total. The number of aromatic nitrogens is 2. The molecule has 0 radical (unpaired) electrons. The number of fused-ring (bicyclic) bond motifs is 1. The Morgan fingerprint density at radius 1 is 1.00 bits per heavy atom. The topological polar surface area (TPSA) is 17.8 Å². The van der Waals surface area contributed by atoms with E-state index in [1.807, 2.05) is 24.3 Å². The van der Waals surface area contributed by atoms with Crippen molar-refractivity contribution in [2.24, 2.45) is 0 Å². The van der Waals surface area contributed by atoms with Crippen LogP contribution in [0.5, 0.6) is 0 Å². The highest BCUT2D eigenvalue weighted by Gasteiger charge is 2.05. The molecule has 1 heterocycles. The molecule has 0 saturated heterocycles. The van der Waals surface area contributed by atoms with Crippen molar-refractivity contribution in [2.75, 3.05) is 0 Å². The molecule has 0 atom stereocenters. The highest BCUT2D eigenvalue weighted by atomic mass is 79.9. The van der Waals surface area contributed by atoms with Crippen LogP contribution in [0.3, 0.4) is 0 Å². The van der Waals surface area contributed by atoms with Gasteiger partial charge in [-0.2, -0.15) is 0 Å². The molecular formula is C15H9BrF2N2. The smallest absolute Gasteiger partial charge is 0.159 e. The van der Waals surface area contributed by atoms with Gasteiger partial charge in [-0.25, -0.2) is 13.8 Å². The van der Waals surface area contributed by atoms with Crippen molar-refractivity contribution in [3.05, 3.63) is 65.5 Å². The first kappa shape index (κ1) is 13.0. The summed E-state index contributed by atoms with van der Waals surface area (Å²) in [4.78, 5) is 4.43. The number of halogens is 3. The summed E-state index contributed by atoms with van der Waals surface area (Å²) >= 11 is 3.42. The van der Waals surface area contributed by atoms with Gasteiger partial charge in [-0.15, -0.1) is 0 Å². The lowest BCUT2D eigenvalue weighted by Crippen LogP contribution is -1.85. The van der Waals surface area contributed by atoms with Gasteiger partial charge in [0.2, 0.25) is 0 Å². The van der Waals surface area contributed by atoms with Crippen LogP contribution in [0, 0.1) is 11.6 Å². The van der Waals surface area contributed by atoms with Gasteiger partial charge in [0.15, 0.2) is 11.6 Å². The maximum absolute atomic E-state index is 13.1. The van der Waals surface area contributed by atoms with Crippen LogP contribution in [-0.4, -0.2) is 8.58 Å². The molecule has 2 aromatic carbocycles. The molecule has 1 aromatic heterocycles. The summed E-state index contributed by atoms with van der Waals surface area (Å²) in [6, 6.07) is 11.4. The van der Waals surface area contributed by atoms with Crippen LogP contribution in [0.25, 0.3) is 23.2 Å². The normalized spacial score (nSPS) is 11.6. The largest absolute Gasteiger partial charge is 0.258 e. The second-order valence-corrected chi connectivity index (χ2v) is 4.96. The number of hydrogen-bond donors (Lipinski definition) is 0. The van der Waals surface area contributed by atoms with E-state index in [1.54, 1.807) is 15.7 Å². The van der Waals surface area contributed by atoms with Crippen molar-refractivity contribution in [1.82, 2.24) is 8.58 Å². The van der Waals surface area contributed by atoms with Gasteiger partial charge in [-0.1, -0.05) is 24.3 Å². The molecule has 5 heteroatoms. The van der Waals surface area contributed by atoms with E-state index in [0.717, 1.165) is 23.2 Å². The van der Waals surface area contributed by atoms with Gasteiger partial charge < -0.3 is 0 Å². The molecule has 0 unspecified atom stereocenters. The Bertz CT molecular complexity index is 809. The zero-order valence-corrected chi connectivity index (χ0v) is 11.8. The number of benzene rings is 2. The highest BCUT2D eigenvalue weighted by molar-refractivity contribution is 9.08. The van der Waals surface area contributed by atoms with Crippen LogP contribution in [-0.2, 0) is 0 Å². The molecule has 0 aliphatic carbocycles. The third-order valence-electron chi connectivity index (χ3n) is 2.90. The lowest BCUT2D eigenvalue weighted by atomic mass is 10.2. The van der Waals surface area contributed by atoms with E-state index in [-0.39, 0.29) is 0 Å². The Labute approximate surface area is 122 Å². The zero-order valence-electron chi connectivity index (χ0n) is 10.2. The van der Waals surface area contributed by atoms with E-state index < -0.39 is 11.6 Å². The minimum absolute atomic E-state index is 0.573. The number of nitrogens with zero attached hydrogens (tertiary/aromatic N) is 2. The van der Waals surface area contributed by atoms with Gasteiger partial charge in [0.05, 0.1) is 27.2 Å². The minimum atomic E-state index is -0.862. The van der Waals surface area contributed by atoms with E-state index >= 15 is 0 Å². The summed E-state index contributed by atoms with van der Waals surface area (Å²) in [7, 11) is 0. The van der Waals surface area contributed by atoms with Gasteiger partial charge in [-0.3, -0.25) is 3.59 Å². The minimum Gasteiger partial charge on any atom is -0.258 e. The molecule has 3 aromatic rings. The predicted molar refractivity (Wildman–Crippen MR) is 79.3 cm³/mol. The number of hydrogen-bond acceptors (Lipinski definition) is 1.